The first-order valence-corrected chi connectivity index (χ1v) is 15.9. The lowest BCUT2D eigenvalue weighted by Crippen LogP contribution is -2.60. The fourth-order valence-corrected chi connectivity index (χ4v) is 5.75. The van der Waals surface area contributed by atoms with Gasteiger partial charge in [0, 0.05) is 14.7 Å². The van der Waals surface area contributed by atoms with Crippen LogP contribution >= 0.6 is 11.8 Å². The second-order valence-electron chi connectivity index (χ2n) is 9.60. The SMILES string of the molecule is CC(=O)C1=C(C)O[C@H]2O[C@H](CO)[C@@H](OCc3ccccc3)[C@H](OCOCC[Si](C)(C)C)[C@H]2S1. The molecule has 0 spiro atoms. The zero-order valence-electron chi connectivity index (χ0n) is 20.1. The van der Waals surface area contributed by atoms with Crippen molar-refractivity contribution in [2.24, 2.45) is 0 Å². The van der Waals surface area contributed by atoms with Crippen molar-refractivity contribution in [2.75, 3.05) is 20.0 Å². The first-order valence-electron chi connectivity index (χ1n) is 11.4. The first-order chi connectivity index (χ1) is 15.7. The largest absolute Gasteiger partial charge is 0.467 e. The number of carbonyl (C=O) groups excluding carboxylic acids is 1. The van der Waals surface area contributed by atoms with E-state index < -0.39 is 32.7 Å². The molecule has 1 N–H and O–H groups in total. The van der Waals surface area contributed by atoms with Crippen LogP contribution in [0.15, 0.2) is 41.0 Å². The van der Waals surface area contributed by atoms with Crippen LogP contribution in [0.4, 0.5) is 0 Å². The molecular formula is C24H36O7SSi. The maximum absolute atomic E-state index is 12.2. The van der Waals surface area contributed by atoms with E-state index in [1.807, 2.05) is 30.3 Å². The Morgan fingerprint density at radius 3 is 2.52 bits per heavy atom. The molecule has 184 valence electrons. The van der Waals surface area contributed by atoms with Crippen LogP contribution in [-0.2, 0) is 35.1 Å². The molecule has 0 radical (unpaired) electrons. The molecule has 0 aliphatic carbocycles. The number of carbonyl (C=O) groups is 1. The lowest BCUT2D eigenvalue weighted by Gasteiger charge is -2.47. The third-order valence-corrected chi connectivity index (χ3v) is 8.86. The van der Waals surface area contributed by atoms with Crippen LogP contribution in [0.1, 0.15) is 19.4 Å². The summed E-state index contributed by atoms with van der Waals surface area (Å²) in [7, 11) is -1.21. The van der Waals surface area contributed by atoms with Gasteiger partial charge in [0.15, 0.2) is 5.78 Å². The Balaban J connectivity index is 1.76. The van der Waals surface area contributed by atoms with Gasteiger partial charge in [-0.25, -0.2) is 0 Å². The van der Waals surface area contributed by atoms with Crippen molar-refractivity contribution < 1.29 is 33.6 Å². The van der Waals surface area contributed by atoms with Gasteiger partial charge in [-0.2, -0.15) is 0 Å². The van der Waals surface area contributed by atoms with E-state index in [-0.39, 0.29) is 24.4 Å². The lowest BCUT2D eigenvalue weighted by molar-refractivity contribution is -0.271. The predicted octanol–water partition coefficient (Wildman–Crippen LogP) is 3.94. The fraction of sp³-hybridized carbons (Fsp3) is 0.625. The molecule has 0 amide bonds. The van der Waals surface area contributed by atoms with E-state index in [4.69, 9.17) is 23.7 Å². The summed E-state index contributed by atoms with van der Waals surface area (Å²) in [5, 5.41) is 9.72. The summed E-state index contributed by atoms with van der Waals surface area (Å²) in [5.74, 6) is 0.464. The molecule has 9 heteroatoms. The molecule has 1 aromatic rings. The Hall–Kier alpha value is -1.20. The summed E-state index contributed by atoms with van der Waals surface area (Å²) in [4.78, 5) is 12.7. The number of rotatable bonds is 11. The van der Waals surface area contributed by atoms with Crippen LogP contribution in [0, 0.1) is 0 Å². The van der Waals surface area contributed by atoms with Crippen LogP contribution < -0.4 is 0 Å². The summed E-state index contributed by atoms with van der Waals surface area (Å²) in [6.07, 6.45) is -2.34. The highest BCUT2D eigenvalue weighted by molar-refractivity contribution is 8.04. The highest BCUT2D eigenvalue weighted by Gasteiger charge is 2.51. The number of allylic oxidation sites excluding steroid dienone is 2. The molecular weight excluding hydrogens is 460 g/mol. The number of thioether (sulfide) groups is 1. The van der Waals surface area contributed by atoms with Crippen molar-refractivity contribution in [1.29, 1.82) is 0 Å². The van der Waals surface area contributed by atoms with E-state index in [2.05, 4.69) is 19.6 Å². The second kappa shape index (κ2) is 12.0. The van der Waals surface area contributed by atoms with Crippen LogP contribution in [0.2, 0.25) is 25.7 Å². The molecule has 2 heterocycles. The highest BCUT2D eigenvalue weighted by Crippen LogP contribution is 2.43. The van der Waals surface area contributed by atoms with E-state index in [0.717, 1.165) is 11.6 Å². The Bertz CT molecular complexity index is 811. The van der Waals surface area contributed by atoms with Crippen molar-refractivity contribution in [2.45, 2.75) is 76.0 Å². The molecule has 3 rings (SSSR count). The Labute approximate surface area is 201 Å². The quantitative estimate of drug-likeness (QED) is 0.280. The molecule has 1 saturated heterocycles. The van der Waals surface area contributed by atoms with Gasteiger partial charge < -0.3 is 28.8 Å². The lowest BCUT2D eigenvalue weighted by atomic mass is 10.0. The number of aliphatic hydroxyl groups is 1. The first kappa shape index (κ1) is 26.4. The smallest absolute Gasteiger partial charge is 0.214 e. The molecule has 0 unspecified atom stereocenters. The van der Waals surface area contributed by atoms with Crippen molar-refractivity contribution in [3.63, 3.8) is 0 Å². The minimum atomic E-state index is -1.21. The van der Waals surface area contributed by atoms with Gasteiger partial charge in [0.1, 0.15) is 36.1 Å². The summed E-state index contributed by atoms with van der Waals surface area (Å²) < 4.78 is 30.2. The number of hydrogen-bond donors (Lipinski definition) is 1. The predicted molar refractivity (Wildman–Crippen MR) is 130 cm³/mol. The maximum atomic E-state index is 12.2. The Kier molecular flexibility index (Phi) is 9.58. The van der Waals surface area contributed by atoms with Crippen molar-refractivity contribution in [3.05, 3.63) is 46.6 Å². The van der Waals surface area contributed by atoms with Gasteiger partial charge in [0.25, 0.3) is 0 Å². The minimum absolute atomic E-state index is 0.0629. The summed E-state index contributed by atoms with van der Waals surface area (Å²) in [6, 6.07) is 10.9. The van der Waals surface area contributed by atoms with E-state index in [9.17, 15) is 9.90 Å². The maximum Gasteiger partial charge on any atom is 0.214 e. The molecule has 1 aromatic carbocycles. The van der Waals surface area contributed by atoms with Crippen molar-refractivity contribution in [1.82, 2.24) is 0 Å². The van der Waals surface area contributed by atoms with E-state index in [1.165, 1.54) is 18.7 Å². The molecule has 5 atom stereocenters. The summed E-state index contributed by atoms with van der Waals surface area (Å²) >= 11 is 1.39. The van der Waals surface area contributed by atoms with Gasteiger partial charge in [-0.15, -0.1) is 11.8 Å². The van der Waals surface area contributed by atoms with E-state index >= 15 is 0 Å². The monoisotopic (exact) mass is 496 g/mol. The standard InChI is InChI=1S/C24H36O7SSi/c1-16(26)22-17(2)30-24-23(32-22)21(29-15-27-11-12-33(3,4)5)20(19(13-25)31-24)28-14-18-9-7-6-8-10-18/h6-10,19-21,23-25H,11-15H2,1-5H3/t19-,20-,21+,23-,24+/m1/s1. The normalized spacial score (nSPS) is 27.8. The van der Waals surface area contributed by atoms with Gasteiger partial charge in [-0.3, -0.25) is 4.79 Å². The fourth-order valence-electron chi connectivity index (χ4n) is 3.75. The van der Waals surface area contributed by atoms with E-state index in [0.29, 0.717) is 23.9 Å². The molecule has 7 nitrogen and oxygen atoms in total. The number of ketones is 1. The number of fused-ring (bicyclic) bond motifs is 1. The number of benzene rings is 1. The van der Waals surface area contributed by atoms with Crippen LogP contribution in [0.25, 0.3) is 0 Å². The second-order valence-corrected chi connectivity index (χ2v) is 16.4. The molecule has 1 fully saturated rings. The number of ether oxygens (including phenoxy) is 5. The average Bonchev–Trinajstić information content (AvgIpc) is 2.76. The number of aliphatic hydroxyl groups excluding tert-OH is 1. The third-order valence-electron chi connectivity index (χ3n) is 5.58. The summed E-state index contributed by atoms with van der Waals surface area (Å²) in [6.45, 7) is 11.0. The van der Waals surface area contributed by atoms with Crippen molar-refractivity contribution >= 4 is 25.6 Å². The molecule has 2 aliphatic heterocycles. The van der Waals surface area contributed by atoms with E-state index in [1.54, 1.807) is 6.92 Å². The van der Waals surface area contributed by atoms with Crippen LogP contribution in [-0.4, -0.2) is 68.8 Å². The molecule has 33 heavy (non-hydrogen) atoms. The van der Waals surface area contributed by atoms with Gasteiger partial charge in [0.2, 0.25) is 6.29 Å². The molecule has 2 aliphatic rings. The van der Waals surface area contributed by atoms with Gasteiger partial charge >= 0.3 is 0 Å². The average molecular weight is 497 g/mol. The highest BCUT2D eigenvalue weighted by atomic mass is 32.2. The zero-order valence-corrected chi connectivity index (χ0v) is 21.9. The topological polar surface area (TPSA) is 83.5 Å². The minimum Gasteiger partial charge on any atom is -0.467 e. The zero-order chi connectivity index (χ0) is 24.0. The number of Topliss-reactive ketones (excluding diaryl/α,β-unsaturated/α-hetero) is 1. The van der Waals surface area contributed by atoms with Crippen molar-refractivity contribution in [3.8, 4) is 0 Å². The van der Waals surface area contributed by atoms with Gasteiger partial charge in [0.05, 0.1) is 18.1 Å². The molecule has 0 saturated carbocycles. The molecule has 0 bridgehead atoms. The number of hydrogen-bond acceptors (Lipinski definition) is 8. The van der Waals surface area contributed by atoms with Gasteiger partial charge in [-0.1, -0.05) is 50.0 Å². The third kappa shape index (κ3) is 7.39. The van der Waals surface area contributed by atoms with Crippen LogP contribution in [0.3, 0.4) is 0 Å². The molecule has 0 aromatic heterocycles. The Morgan fingerprint density at radius 1 is 1.15 bits per heavy atom. The van der Waals surface area contributed by atoms with Gasteiger partial charge in [-0.05, 0) is 25.5 Å². The summed E-state index contributed by atoms with van der Waals surface area (Å²) in [5.41, 5.74) is 1.01. The van der Waals surface area contributed by atoms with Crippen LogP contribution in [0.5, 0.6) is 0 Å². The Morgan fingerprint density at radius 2 is 1.88 bits per heavy atom.